The summed E-state index contributed by atoms with van der Waals surface area (Å²) in [5.41, 5.74) is 4.77. The number of carbonyl (C=O) groups excluding carboxylic acids is 1. The van der Waals surface area contributed by atoms with Crippen molar-refractivity contribution in [2.75, 3.05) is 12.3 Å². The highest BCUT2D eigenvalue weighted by Crippen LogP contribution is 2.07. The van der Waals surface area contributed by atoms with E-state index in [0.717, 1.165) is 17.4 Å². The number of nitrogens with one attached hydrogen (secondary N) is 1. The number of nitrogens with zero attached hydrogens (tertiary/aromatic N) is 2. The van der Waals surface area contributed by atoms with E-state index in [1.807, 2.05) is 6.92 Å². The first kappa shape index (κ1) is 13.5. The lowest BCUT2D eigenvalue weighted by atomic mass is 10.3. The van der Waals surface area contributed by atoms with Crippen LogP contribution in [0.3, 0.4) is 0 Å². The van der Waals surface area contributed by atoms with E-state index >= 15 is 0 Å². The molecule has 0 aromatic carbocycles. The number of hydrogen-bond donors (Lipinski definition) is 2. The van der Waals surface area contributed by atoms with Gasteiger partial charge in [-0.3, -0.25) is 14.2 Å². The lowest BCUT2D eigenvalue weighted by Gasteiger charge is -2.07. The van der Waals surface area contributed by atoms with Gasteiger partial charge in [-0.15, -0.1) is 0 Å². The summed E-state index contributed by atoms with van der Waals surface area (Å²) in [5, 5.41) is 2.65. The van der Waals surface area contributed by atoms with Crippen molar-refractivity contribution >= 4 is 23.2 Å². The number of rotatable bonds is 5. The first-order valence-corrected chi connectivity index (χ1v) is 5.71. The normalized spacial score (nSPS) is 10.2. The molecule has 0 spiro atoms. The molecule has 0 aliphatic heterocycles. The van der Waals surface area contributed by atoms with Gasteiger partial charge in [-0.2, -0.15) is 0 Å². The van der Waals surface area contributed by atoms with Gasteiger partial charge in [0.05, 0.1) is 6.33 Å². The molecule has 0 bridgehead atoms. The average molecular weight is 259 g/mol. The Morgan fingerprint density at radius 2 is 2.35 bits per heavy atom. The molecule has 1 amide bonds. The van der Waals surface area contributed by atoms with Crippen LogP contribution < -0.4 is 16.6 Å². The van der Waals surface area contributed by atoms with E-state index in [2.05, 4.69) is 10.3 Å². The number of carbonyl (C=O) groups is 1. The molecular formula is C10H15ClN4O2. The highest BCUT2D eigenvalue weighted by atomic mass is 35.5. The van der Waals surface area contributed by atoms with E-state index < -0.39 is 5.56 Å². The zero-order valence-electron chi connectivity index (χ0n) is 9.57. The molecule has 0 fully saturated rings. The summed E-state index contributed by atoms with van der Waals surface area (Å²) in [6.07, 6.45) is 3.11. The number of aromatic nitrogens is 2. The van der Waals surface area contributed by atoms with Crippen molar-refractivity contribution in [3.63, 3.8) is 0 Å². The summed E-state index contributed by atoms with van der Waals surface area (Å²) in [6, 6.07) is 0. The predicted molar refractivity (Wildman–Crippen MR) is 65.8 cm³/mol. The van der Waals surface area contributed by atoms with Gasteiger partial charge in [0, 0.05) is 6.54 Å². The number of nitrogen functional groups attached to an aromatic ring is 1. The van der Waals surface area contributed by atoms with E-state index in [0.29, 0.717) is 6.54 Å². The van der Waals surface area contributed by atoms with E-state index in [4.69, 9.17) is 17.3 Å². The predicted octanol–water partition coefficient (Wildman–Crippen LogP) is 0.395. The molecular weight excluding hydrogens is 244 g/mol. The Bertz CT molecular complexity index is 458. The minimum atomic E-state index is -0.504. The maximum Gasteiger partial charge on any atom is 0.278 e. The highest BCUT2D eigenvalue weighted by Gasteiger charge is 2.09. The lowest BCUT2D eigenvalue weighted by Crippen LogP contribution is -2.33. The number of hydrogen-bond acceptors (Lipinski definition) is 4. The van der Waals surface area contributed by atoms with Crippen molar-refractivity contribution in [3.8, 4) is 0 Å². The maximum atomic E-state index is 11.6. The third-order valence-corrected chi connectivity index (χ3v) is 2.49. The summed E-state index contributed by atoms with van der Waals surface area (Å²) in [7, 11) is 0. The van der Waals surface area contributed by atoms with Crippen LogP contribution in [0.25, 0.3) is 0 Å². The summed E-state index contributed by atoms with van der Waals surface area (Å²) in [6.45, 7) is 2.53. The molecule has 0 radical (unpaired) electrons. The van der Waals surface area contributed by atoms with Crippen molar-refractivity contribution in [3.05, 3.63) is 21.8 Å². The Hall–Kier alpha value is -1.56. The van der Waals surface area contributed by atoms with Crippen LogP contribution in [0.4, 0.5) is 5.69 Å². The molecule has 17 heavy (non-hydrogen) atoms. The van der Waals surface area contributed by atoms with Crippen LogP contribution in [0.15, 0.2) is 11.1 Å². The first-order chi connectivity index (χ1) is 8.06. The molecule has 3 N–H and O–H groups in total. The molecule has 7 heteroatoms. The number of unbranched alkanes of at least 4 members (excludes halogenated alkanes) is 1. The van der Waals surface area contributed by atoms with Crippen LogP contribution in [-0.4, -0.2) is 22.0 Å². The second kappa shape index (κ2) is 6.24. The van der Waals surface area contributed by atoms with Crippen molar-refractivity contribution in [2.24, 2.45) is 0 Å². The molecule has 0 unspecified atom stereocenters. The molecule has 1 heterocycles. The molecule has 1 aromatic heterocycles. The van der Waals surface area contributed by atoms with Crippen LogP contribution in [-0.2, 0) is 11.3 Å². The fourth-order valence-corrected chi connectivity index (χ4v) is 1.34. The molecule has 94 valence electrons. The van der Waals surface area contributed by atoms with E-state index in [-0.39, 0.29) is 23.3 Å². The van der Waals surface area contributed by atoms with E-state index in [1.54, 1.807) is 0 Å². The van der Waals surface area contributed by atoms with E-state index in [9.17, 15) is 9.59 Å². The van der Waals surface area contributed by atoms with Crippen LogP contribution >= 0.6 is 11.6 Å². The SMILES string of the molecule is CCCCNC(=O)Cn1cnc(Cl)c(N)c1=O. The summed E-state index contributed by atoms with van der Waals surface area (Å²) >= 11 is 5.57. The number of halogens is 1. The Morgan fingerprint density at radius 3 is 3.00 bits per heavy atom. The van der Waals surface area contributed by atoms with Crippen LogP contribution in [0.2, 0.25) is 5.15 Å². The Labute approximate surface area is 104 Å². The molecule has 0 atom stereocenters. The average Bonchev–Trinajstić information content (AvgIpc) is 2.30. The molecule has 6 nitrogen and oxygen atoms in total. The van der Waals surface area contributed by atoms with E-state index in [1.165, 1.54) is 6.33 Å². The Kier molecular flexibility index (Phi) is 4.96. The molecule has 0 saturated carbocycles. The molecule has 1 rings (SSSR count). The molecule has 0 saturated heterocycles. The van der Waals surface area contributed by atoms with Gasteiger partial charge >= 0.3 is 0 Å². The van der Waals surface area contributed by atoms with Crippen molar-refractivity contribution in [1.29, 1.82) is 0 Å². The molecule has 0 aliphatic carbocycles. The van der Waals surface area contributed by atoms with Crippen molar-refractivity contribution < 1.29 is 4.79 Å². The fourth-order valence-electron chi connectivity index (χ4n) is 1.21. The van der Waals surface area contributed by atoms with Crippen LogP contribution in [0, 0.1) is 0 Å². The quantitative estimate of drug-likeness (QED) is 0.591. The Balaban J connectivity index is 2.66. The van der Waals surface area contributed by atoms with Gasteiger partial charge in [-0.05, 0) is 6.42 Å². The standard InChI is InChI=1S/C10H15ClN4O2/c1-2-3-4-13-7(16)5-15-6-14-9(11)8(12)10(15)17/h6H,2-5,12H2,1H3,(H,13,16). The van der Waals surface area contributed by atoms with Gasteiger partial charge in [0.1, 0.15) is 12.2 Å². The first-order valence-electron chi connectivity index (χ1n) is 5.33. The topological polar surface area (TPSA) is 90.0 Å². The summed E-state index contributed by atoms with van der Waals surface area (Å²) in [4.78, 5) is 26.8. The monoisotopic (exact) mass is 258 g/mol. The maximum absolute atomic E-state index is 11.6. The minimum Gasteiger partial charge on any atom is -0.392 e. The zero-order chi connectivity index (χ0) is 12.8. The lowest BCUT2D eigenvalue weighted by molar-refractivity contribution is -0.121. The van der Waals surface area contributed by atoms with Gasteiger partial charge in [-0.1, -0.05) is 24.9 Å². The van der Waals surface area contributed by atoms with Gasteiger partial charge in [-0.25, -0.2) is 4.98 Å². The third kappa shape index (κ3) is 3.74. The van der Waals surface area contributed by atoms with Crippen LogP contribution in [0.1, 0.15) is 19.8 Å². The zero-order valence-corrected chi connectivity index (χ0v) is 10.3. The summed E-state index contributed by atoms with van der Waals surface area (Å²) in [5.74, 6) is -0.246. The van der Waals surface area contributed by atoms with Gasteiger partial charge in [0.15, 0.2) is 5.15 Å². The summed E-state index contributed by atoms with van der Waals surface area (Å²) < 4.78 is 1.13. The third-order valence-electron chi connectivity index (χ3n) is 2.19. The Morgan fingerprint density at radius 1 is 1.65 bits per heavy atom. The molecule has 1 aromatic rings. The number of nitrogens with two attached hydrogens (primary N) is 1. The van der Waals surface area contributed by atoms with Gasteiger partial charge < -0.3 is 11.1 Å². The highest BCUT2D eigenvalue weighted by molar-refractivity contribution is 6.31. The van der Waals surface area contributed by atoms with Crippen molar-refractivity contribution in [2.45, 2.75) is 26.3 Å². The second-order valence-electron chi connectivity index (χ2n) is 3.59. The van der Waals surface area contributed by atoms with Crippen molar-refractivity contribution in [1.82, 2.24) is 14.9 Å². The second-order valence-corrected chi connectivity index (χ2v) is 3.94. The fraction of sp³-hybridized carbons (Fsp3) is 0.500. The van der Waals surface area contributed by atoms with Crippen LogP contribution in [0.5, 0.6) is 0 Å². The number of amides is 1. The minimum absolute atomic E-state index is 0.0439. The number of anilines is 1. The molecule has 0 aliphatic rings. The largest absolute Gasteiger partial charge is 0.392 e. The smallest absolute Gasteiger partial charge is 0.278 e. The van der Waals surface area contributed by atoms with Gasteiger partial charge in [0.25, 0.3) is 5.56 Å². The van der Waals surface area contributed by atoms with Gasteiger partial charge in [0.2, 0.25) is 5.91 Å².